The molecule has 0 radical (unpaired) electrons. The van der Waals surface area contributed by atoms with Crippen LogP contribution in [0, 0.1) is 11.6 Å². The summed E-state index contributed by atoms with van der Waals surface area (Å²) in [6.45, 7) is 15.9. The summed E-state index contributed by atoms with van der Waals surface area (Å²) in [5.41, 5.74) is -1.06. The lowest BCUT2D eigenvalue weighted by Gasteiger charge is -2.18. The number of aliphatic hydroxyl groups is 1. The molecule has 6 rings (SSSR count). The Morgan fingerprint density at radius 2 is 1.31 bits per heavy atom. The zero-order valence-electron chi connectivity index (χ0n) is 34.0. The number of benzene rings is 2. The number of carbonyl (C=O) groups is 1. The van der Waals surface area contributed by atoms with E-state index in [9.17, 15) is 45.0 Å². The number of hydrogen-bond donors (Lipinski definition) is 1. The molecule has 61 heavy (non-hydrogen) atoms. The minimum absolute atomic E-state index is 0. The van der Waals surface area contributed by atoms with E-state index in [4.69, 9.17) is 18.3 Å². The Hall–Kier alpha value is -4.64. The zero-order valence-corrected chi connectivity index (χ0v) is 36.0. The SMILES string of the molecule is C.C[Si](C)(C)CCOCn1ccnc1.C[Si](C)(C)CCOCn1ccnc1C(O)c1ccc(F)c2occ(CC(F)(F)F)c12.O=Cc1ccc(F)c2occ(CC(F)(F)F)c12.[HH]. The highest BCUT2D eigenvalue weighted by molar-refractivity contribution is 6.76. The average molecular weight is 907 g/mol. The van der Waals surface area contributed by atoms with Gasteiger partial charge in [0.05, 0.1) is 31.7 Å². The van der Waals surface area contributed by atoms with Gasteiger partial charge in [-0.25, -0.2) is 18.7 Å². The minimum Gasteiger partial charge on any atom is -0.461 e. The van der Waals surface area contributed by atoms with Gasteiger partial charge in [0.15, 0.2) is 29.1 Å². The Kier molecular flexibility index (Phi) is 17.8. The third-order valence-electron chi connectivity index (χ3n) is 8.78. The highest BCUT2D eigenvalue weighted by Crippen LogP contribution is 2.36. The molecule has 4 heterocycles. The van der Waals surface area contributed by atoms with Crippen molar-refractivity contribution in [2.24, 2.45) is 0 Å². The van der Waals surface area contributed by atoms with Crippen LogP contribution in [0.4, 0.5) is 35.1 Å². The molecule has 20 heteroatoms. The number of imidazole rings is 2. The van der Waals surface area contributed by atoms with Gasteiger partial charge in [0, 0.05) is 83.0 Å². The first-order valence-corrected chi connectivity index (χ1v) is 26.1. The van der Waals surface area contributed by atoms with Gasteiger partial charge in [-0.1, -0.05) is 52.8 Å². The monoisotopic (exact) mass is 906 g/mol. The second-order valence-electron chi connectivity index (χ2n) is 16.3. The quantitative estimate of drug-likeness (QED) is 0.0468. The molecular weight excluding hydrogens is 853 g/mol. The molecule has 0 aliphatic heterocycles. The summed E-state index contributed by atoms with van der Waals surface area (Å²) in [7, 11) is -2.19. The summed E-state index contributed by atoms with van der Waals surface area (Å²) in [6, 6.07) is 6.60. The second kappa shape index (κ2) is 21.4. The van der Waals surface area contributed by atoms with E-state index < -0.39 is 59.1 Å². The Balaban J connectivity index is 0.000000350. The van der Waals surface area contributed by atoms with Crippen molar-refractivity contribution < 1.29 is 64.8 Å². The van der Waals surface area contributed by atoms with Gasteiger partial charge in [-0.15, -0.1) is 0 Å². The molecule has 1 unspecified atom stereocenters. The third-order valence-corrected chi connectivity index (χ3v) is 12.2. The van der Waals surface area contributed by atoms with Crippen LogP contribution in [0.15, 0.2) is 76.7 Å². The largest absolute Gasteiger partial charge is 0.461 e. The number of rotatable bonds is 15. The van der Waals surface area contributed by atoms with Crippen molar-refractivity contribution >= 4 is 44.4 Å². The van der Waals surface area contributed by atoms with E-state index in [1.165, 1.54) is 18.3 Å². The maximum atomic E-state index is 14.1. The molecule has 0 fully saturated rings. The van der Waals surface area contributed by atoms with Gasteiger partial charge < -0.3 is 32.5 Å². The molecule has 0 spiro atoms. The van der Waals surface area contributed by atoms with E-state index in [0.717, 1.165) is 43.4 Å². The highest BCUT2D eigenvalue weighted by Gasteiger charge is 2.33. The van der Waals surface area contributed by atoms with Gasteiger partial charge in [0.2, 0.25) is 0 Å². The molecule has 338 valence electrons. The van der Waals surface area contributed by atoms with Crippen molar-refractivity contribution in [3.63, 3.8) is 0 Å². The molecule has 6 aromatic rings. The summed E-state index contributed by atoms with van der Waals surface area (Å²) in [4.78, 5) is 18.8. The van der Waals surface area contributed by atoms with Crippen LogP contribution in [0.25, 0.3) is 21.9 Å². The fourth-order valence-corrected chi connectivity index (χ4v) is 7.22. The summed E-state index contributed by atoms with van der Waals surface area (Å²) in [5.74, 6) is -1.40. The lowest BCUT2D eigenvalue weighted by molar-refractivity contribution is -0.128. The van der Waals surface area contributed by atoms with Gasteiger partial charge in [0.1, 0.15) is 25.4 Å². The molecule has 0 aliphatic rings. The number of aromatic nitrogens is 4. The summed E-state index contributed by atoms with van der Waals surface area (Å²) in [6.07, 6.45) is -2.28. The van der Waals surface area contributed by atoms with Crippen LogP contribution in [0.5, 0.6) is 0 Å². The summed E-state index contributed by atoms with van der Waals surface area (Å²) < 4.78 is 127. The predicted molar refractivity (Wildman–Crippen MR) is 223 cm³/mol. The van der Waals surface area contributed by atoms with Crippen LogP contribution in [0.2, 0.25) is 51.4 Å². The molecule has 1 atom stereocenters. The first-order valence-electron chi connectivity index (χ1n) is 18.7. The fourth-order valence-electron chi connectivity index (χ4n) is 5.70. The average Bonchev–Trinajstić information content (AvgIpc) is 3.97. The molecule has 2 aromatic carbocycles. The smallest absolute Gasteiger partial charge is 0.393 e. The van der Waals surface area contributed by atoms with Crippen LogP contribution < -0.4 is 0 Å². The molecule has 0 saturated carbocycles. The standard InChI is InChI=1S/C20H24F4N2O3Si.C11H6F4O2.C9H18N2OSi.CH4.H2/c1-30(2,3)9-8-28-12-26-7-6-25-19(26)17(27)14-4-5-15(21)18-16(14)13(11-29-18)10-20(22,23)24;12-8-2-1-6(4-16)9-7(3-11(13,14)15)5-17-10(8)9;1-13(2,3)7-6-12-9-11-5-4-10-8-11;;/h4-7,11,17,27H,8-10,12H2,1-3H3;1-2,4-5H,3H2;4-5,8H,6-7,9H2,1-3H3;1H4;1H. The van der Waals surface area contributed by atoms with E-state index >= 15 is 0 Å². The topological polar surface area (TPSA) is 118 Å². The van der Waals surface area contributed by atoms with Crippen molar-refractivity contribution in [1.82, 2.24) is 19.1 Å². The minimum atomic E-state index is -4.51. The number of hydrogen-bond acceptors (Lipinski definition) is 8. The van der Waals surface area contributed by atoms with Gasteiger partial charge in [-0.3, -0.25) is 4.79 Å². The Morgan fingerprint density at radius 1 is 0.787 bits per heavy atom. The Bertz CT molecular complexity index is 2280. The van der Waals surface area contributed by atoms with E-state index in [1.54, 1.807) is 23.3 Å². The lowest BCUT2D eigenvalue weighted by atomic mass is 9.99. The van der Waals surface area contributed by atoms with Crippen molar-refractivity contribution in [2.75, 3.05) is 13.2 Å². The summed E-state index contributed by atoms with van der Waals surface area (Å²) in [5, 5.41) is 10.7. The molecule has 0 amide bonds. The van der Waals surface area contributed by atoms with Crippen molar-refractivity contribution in [3.05, 3.63) is 108 Å². The van der Waals surface area contributed by atoms with Crippen LogP contribution >= 0.6 is 0 Å². The number of halogens is 8. The normalized spacial score (nSPS) is 12.7. The van der Waals surface area contributed by atoms with Crippen LogP contribution in [0.1, 0.15) is 47.8 Å². The fraction of sp³-hybridized carbons (Fsp3) is 0.439. The van der Waals surface area contributed by atoms with E-state index in [0.29, 0.717) is 19.6 Å². The number of ether oxygens (including phenoxy) is 2. The van der Waals surface area contributed by atoms with Gasteiger partial charge >= 0.3 is 12.4 Å². The molecule has 4 aromatic heterocycles. The lowest BCUT2D eigenvalue weighted by Crippen LogP contribution is -2.22. The molecule has 0 bridgehead atoms. The molecular formula is C41H54F8N4O6Si2. The van der Waals surface area contributed by atoms with Crippen LogP contribution in [-0.4, -0.2) is 72.2 Å². The maximum Gasteiger partial charge on any atom is 0.393 e. The molecule has 0 saturated heterocycles. The zero-order chi connectivity index (χ0) is 44.5. The number of carbonyl (C=O) groups excluding carboxylic acids is 1. The highest BCUT2D eigenvalue weighted by atomic mass is 28.3. The van der Waals surface area contributed by atoms with Gasteiger partial charge in [-0.05, 0) is 35.9 Å². The summed E-state index contributed by atoms with van der Waals surface area (Å²) >= 11 is 0. The molecule has 0 aliphatic carbocycles. The van der Waals surface area contributed by atoms with Gasteiger partial charge in [-0.2, -0.15) is 26.3 Å². The number of nitrogens with zero attached hydrogens (tertiary/aromatic N) is 4. The molecule has 1 N–H and O–H groups in total. The number of furan rings is 2. The molecule has 10 nitrogen and oxygen atoms in total. The number of aldehydes is 1. The van der Waals surface area contributed by atoms with Crippen LogP contribution in [0.3, 0.4) is 0 Å². The first-order chi connectivity index (χ1) is 28.0. The second-order valence-corrected chi connectivity index (χ2v) is 27.6. The third kappa shape index (κ3) is 15.7. The van der Waals surface area contributed by atoms with Crippen LogP contribution in [-0.2, 0) is 35.8 Å². The van der Waals surface area contributed by atoms with Crippen molar-refractivity contribution in [1.29, 1.82) is 0 Å². The van der Waals surface area contributed by atoms with E-state index in [2.05, 4.69) is 49.3 Å². The Labute approximate surface area is 352 Å². The number of alkyl halides is 6. The van der Waals surface area contributed by atoms with Gasteiger partial charge in [0.25, 0.3) is 0 Å². The predicted octanol–water partition coefficient (Wildman–Crippen LogP) is 11.8. The number of fused-ring (bicyclic) bond motifs is 2. The number of aliphatic hydroxyl groups excluding tert-OH is 1. The van der Waals surface area contributed by atoms with Crippen molar-refractivity contribution in [3.8, 4) is 0 Å². The van der Waals surface area contributed by atoms with E-state index in [-0.39, 0.29) is 65.6 Å². The van der Waals surface area contributed by atoms with E-state index in [1.807, 2.05) is 10.8 Å². The Morgan fingerprint density at radius 3 is 1.82 bits per heavy atom. The maximum absolute atomic E-state index is 14.1. The van der Waals surface area contributed by atoms with Crippen molar-refractivity contribution in [2.45, 2.75) is 104 Å². The first kappa shape index (κ1) is 50.7.